The molecule has 2 aliphatic rings. The van der Waals surface area contributed by atoms with Crippen LogP contribution >= 0.6 is 11.6 Å². The highest BCUT2D eigenvalue weighted by molar-refractivity contribution is 6.30. The van der Waals surface area contributed by atoms with E-state index in [-0.39, 0.29) is 5.82 Å². The fourth-order valence-electron chi connectivity index (χ4n) is 4.42. The van der Waals surface area contributed by atoms with Crippen molar-refractivity contribution >= 4 is 23.4 Å². The van der Waals surface area contributed by atoms with Gasteiger partial charge in [0.2, 0.25) is 0 Å². The first kappa shape index (κ1) is 21.4. The van der Waals surface area contributed by atoms with Gasteiger partial charge in [-0.05, 0) is 68.8 Å². The van der Waals surface area contributed by atoms with Crippen LogP contribution in [0.3, 0.4) is 0 Å². The zero-order chi connectivity index (χ0) is 20.9. The number of halogens is 2. The van der Waals surface area contributed by atoms with Crippen molar-refractivity contribution in [1.29, 1.82) is 0 Å². The third-order valence-electron chi connectivity index (χ3n) is 6.22. The molecule has 2 aromatic carbocycles. The Morgan fingerprint density at radius 1 is 1.00 bits per heavy atom. The van der Waals surface area contributed by atoms with Gasteiger partial charge in [0, 0.05) is 55.5 Å². The molecule has 30 heavy (non-hydrogen) atoms. The van der Waals surface area contributed by atoms with Gasteiger partial charge in [0.1, 0.15) is 5.82 Å². The Hall–Kier alpha value is -1.88. The molecule has 0 aliphatic carbocycles. The lowest BCUT2D eigenvalue weighted by atomic mass is 9.99. The molecule has 4 rings (SSSR count). The molecule has 2 aromatic rings. The van der Waals surface area contributed by atoms with Crippen molar-refractivity contribution in [2.24, 2.45) is 0 Å². The molecule has 3 nitrogen and oxygen atoms in total. The van der Waals surface area contributed by atoms with E-state index in [1.165, 1.54) is 11.1 Å². The van der Waals surface area contributed by atoms with Crippen molar-refractivity contribution in [3.63, 3.8) is 0 Å². The molecule has 2 heterocycles. The molecule has 0 unspecified atom stereocenters. The maximum Gasteiger partial charge on any atom is 0.123 e. The highest BCUT2D eigenvalue weighted by Crippen LogP contribution is 2.28. The van der Waals surface area contributed by atoms with Crippen LogP contribution in [0.15, 0.2) is 48.0 Å². The second kappa shape index (κ2) is 9.95. The average molecular weight is 428 g/mol. The SMILES string of the molecule is CN1CCN(c2ccc(F)cc2C=C2CCCN(CCc3ccc(Cl)cc3)C2)CC1. The first-order chi connectivity index (χ1) is 14.6. The molecule has 0 bridgehead atoms. The maximum absolute atomic E-state index is 14.1. The van der Waals surface area contributed by atoms with E-state index < -0.39 is 0 Å². The Morgan fingerprint density at radius 2 is 1.77 bits per heavy atom. The smallest absolute Gasteiger partial charge is 0.123 e. The highest BCUT2D eigenvalue weighted by Gasteiger charge is 2.19. The number of anilines is 1. The molecule has 0 amide bonds. The summed E-state index contributed by atoms with van der Waals surface area (Å²) in [5.41, 5.74) is 4.90. The van der Waals surface area contributed by atoms with Crippen molar-refractivity contribution in [1.82, 2.24) is 9.80 Å². The van der Waals surface area contributed by atoms with E-state index in [2.05, 4.69) is 40.0 Å². The summed E-state index contributed by atoms with van der Waals surface area (Å²) in [6.45, 7) is 7.20. The van der Waals surface area contributed by atoms with Crippen LogP contribution in [0.5, 0.6) is 0 Å². The van der Waals surface area contributed by atoms with E-state index >= 15 is 0 Å². The van der Waals surface area contributed by atoms with E-state index in [4.69, 9.17) is 11.6 Å². The minimum Gasteiger partial charge on any atom is -0.368 e. The molecular formula is C25H31ClFN3. The van der Waals surface area contributed by atoms with Gasteiger partial charge in [0.15, 0.2) is 0 Å². The fraction of sp³-hybridized carbons (Fsp3) is 0.440. The number of hydrogen-bond donors (Lipinski definition) is 0. The number of hydrogen-bond acceptors (Lipinski definition) is 3. The molecule has 0 aromatic heterocycles. The lowest BCUT2D eigenvalue weighted by Crippen LogP contribution is -2.44. The summed E-state index contributed by atoms with van der Waals surface area (Å²) >= 11 is 5.99. The number of likely N-dealkylation sites (tertiary alicyclic amines) is 1. The van der Waals surface area contributed by atoms with Crippen LogP contribution in [0.4, 0.5) is 10.1 Å². The van der Waals surface area contributed by atoms with E-state index in [9.17, 15) is 4.39 Å². The molecule has 0 saturated carbocycles. The second-order valence-electron chi connectivity index (χ2n) is 8.55. The molecule has 0 radical (unpaired) electrons. The van der Waals surface area contributed by atoms with Crippen LogP contribution in [-0.2, 0) is 6.42 Å². The van der Waals surface area contributed by atoms with E-state index in [0.29, 0.717) is 0 Å². The van der Waals surface area contributed by atoms with Gasteiger partial charge in [-0.15, -0.1) is 0 Å². The average Bonchev–Trinajstić information content (AvgIpc) is 2.75. The number of rotatable bonds is 5. The minimum atomic E-state index is -0.157. The van der Waals surface area contributed by atoms with Crippen LogP contribution in [0.2, 0.25) is 5.02 Å². The Kier molecular flexibility index (Phi) is 7.08. The zero-order valence-electron chi connectivity index (χ0n) is 17.8. The van der Waals surface area contributed by atoms with E-state index in [1.54, 1.807) is 12.1 Å². The third kappa shape index (κ3) is 5.63. The summed E-state index contributed by atoms with van der Waals surface area (Å²) in [4.78, 5) is 7.25. The molecule has 2 fully saturated rings. The van der Waals surface area contributed by atoms with Crippen LogP contribution in [-0.4, -0.2) is 62.7 Å². The van der Waals surface area contributed by atoms with Gasteiger partial charge in [-0.25, -0.2) is 4.39 Å². The van der Waals surface area contributed by atoms with Crippen LogP contribution in [0, 0.1) is 5.82 Å². The highest BCUT2D eigenvalue weighted by atomic mass is 35.5. The molecule has 5 heteroatoms. The number of likely N-dealkylation sites (N-methyl/N-ethyl adjacent to an activating group) is 1. The van der Waals surface area contributed by atoms with Gasteiger partial charge in [0.25, 0.3) is 0 Å². The summed E-state index contributed by atoms with van der Waals surface area (Å²) in [5, 5.41) is 0.785. The minimum absolute atomic E-state index is 0.157. The van der Waals surface area contributed by atoms with Gasteiger partial charge < -0.3 is 9.80 Å². The van der Waals surface area contributed by atoms with Crippen LogP contribution in [0.1, 0.15) is 24.0 Å². The summed E-state index contributed by atoms with van der Waals surface area (Å²) in [5.74, 6) is -0.157. The van der Waals surface area contributed by atoms with Crippen molar-refractivity contribution in [3.05, 3.63) is 70.0 Å². The van der Waals surface area contributed by atoms with E-state index in [1.807, 2.05) is 18.2 Å². The normalized spacial score (nSPS) is 20.1. The van der Waals surface area contributed by atoms with Gasteiger partial charge in [-0.1, -0.05) is 35.4 Å². The quantitative estimate of drug-likeness (QED) is 0.668. The maximum atomic E-state index is 14.1. The van der Waals surface area contributed by atoms with Crippen LogP contribution < -0.4 is 4.90 Å². The Morgan fingerprint density at radius 3 is 2.53 bits per heavy atom. The predicted octanol–water partition coefficient (Wildman–Crippen LogP) is 4.95. The molecule has 0 atom stereocenters. The molecule has 2 aliphatic heterocycles. The van der Waals surface area contributed by atoms with Crippen molar-refractivity contribution in [2.45, 2.75) is 19.3 Å². The number of piperazine rings is 1. The lowest BCUT2D eigenvalue weighted by Gasteiger charge is -2.35. The van der Waals surface area contributed by atoms with E-state index in [0.717, 1.165) is 81.3 Å². The molecule has 0 spiro atoms. The number of piperidine rings is 1. The lowest BCUT2D eigenvalue weighted by molar-refractivity contribution is 0.270. The Balaban J connectivity index is 1.44. The summed E-state index contributed by atoms with van der Waals surface area (Å²) in [7, 11) is 2.16. The second-order valence-corrected chi connectivity index (χ2v) is 8.99. The van der Waals surface area contributed by atoms with Gasteiger partial charge in [-0.2, -0.15) is 0 Å². The monoisotopic (exact) mass is 427 g/mol. The number of benzene rings is 2. The molecule has 2 saturated heterocycles. The molecule has 0 N–H and O–H groups in total. The van der Waals surface area contributed by atoms with Gasteiger partial charge in [-0.3, -0.25) is 4.90 Å². The van der Waals surface area contributed by atoms with Crippen molar-refractivity contribution < 1.29 is 4.39 Å². The Labute approximate surface area is 184 Å². The first-order valence-corrected chi connectivity index (χ1v) is 11.3. The molecule has 160 valence electrons. The molecular weight excluding hydrogens is 397 g/mol. The first-order valence-electron chi connectivity index (χ1n) is 11.0. The van der Waals surface area contributed by atoms with Crippen LogP contribution in [0.25, 0.3) is 6.08 Å². The van der Waals surface area contributed by atoms with Crippen molar-refractivity contribution in [2.75, 3.05) is 57.8 Å². The van der Waals surface area contributed by atoms with Crippen molar-refractivity contribution in [3.8, 4) is 0 Å². The van der Waals surface area contributed by atoms with Gasteiger partial charge >= 0.3 is 0 Å². The predicted molar refractivity (Wildman–Crippen MR) is 125 cm³/mol. The zero-order valence-corrected chi connectivity index (χ0v) is 18.5. The summed E-state index contributed by atoms with van der Waals surface area (Å²) in [6, 6.07) is 13.4. The van der Waals surface area contributed by atoms with Gasteiger partial charge in [0.05, 0.1) is 0 Å². The summed E-state index contributed by atoms with van der Waals surface area (Å²) in [6.07, 6.45) is 5.52. The topological polar surface area (TPSA) is 9.72 Å². The summed E-state index contributed by atoms with van der Waals surface area (Å²) < 4.78 is 14.1. The third-order valence-corrected chi connectivity index (χ3v) is 6.47. The number of nitrogens with zero attached hydrogens (tertiary/aromatic N) is 3. The fourth-order valence-corrected chi connectivity index (χ4v) is 4.54. The largest absolute Gasteiger partial charge is 0.368 e. The Bertz CT molecular complexity index is 872. The standard InChI is InChI=1S/C25H31ClFN3/c1-28-13-15-30(16-14-28)25-9-8-24(27)18-22(25)17-21-3-2-11-29(19-21)12-10-20-4-6-23(26)7-5-20/h4-9,17-18H,2-3,10-16,19H2,1H3.